The van der Waals surface area contributed by atoms with Crippen molar-refractivity contribution in [2.75, 3.05) is 6.79 Å². The summed E-state index contributed by atoms with van der Waals surface area (Å²) >= 11 is 0. The predicted molar refractivity (Wildman–Crippen MR) is 95.8 cm³/mol. The zero-order chi connectivity index (χ0) is 16.8. The minimum Gasteiger partial charge on any atom is -0.454 e. The average molecular weight is 329 g/mol. The number of ether oxygens (including phenoxy) is 2. The van der Waals surface area contributed by atoms with Crippen LogP contribution in [-0.2, 0) is 0 Å². The Morgan fingerprint density at radius 1 is 0.880 bits per heavy atom. The lowest BCUT2D eigenvalue weighted by Gasteiger charge is -2.05. The van der Waals surface area contributed by atoms with Gasteiger partial charge in [-0.1, -0.05) is 30.3 Å². The number of benzene rings is 3. The molecule has 0 fully saturated rings. The molecule has 25 heavy (non-hydrogen) atoms. The second-order valence-corrected chi connectivity index (χ2v) is 6.13. The molecule has 0 bridgehead atoms. The van der Waals surface area contributed by atoms with Crippen LogP contribution in [0.5, 0.6) is 11.5 Å². The van der Waals surface area contributed by atoms with Gasteiger partial charge in [-0.3, -0.25) is 4.99 Å². The van der Waals surface area contributed by atoms with Crippen molar-refractivity contribution in [3.8, 4) is 22.6 Å². The third-order valence-electron chi connectivity index (χ3n) is 4.63. The highest BCUT2D eigenvalue weighted by Gasteiger charge is 2.26. The van der Waals surface area contributed by atoms with Gasteiger partial charge in [0.05, 0.1) is 5.69 Å². The molecule has 0 saturated carbocycles. The molecule has 3 aromatic rings. The molecular weight excluding hydrogens is 314 g/mol. The zero-order valence-corrected chi connectivity index (χ0v) is 13.3. The molecule has 1 heterocycles. The van der Waals surface area contributed by atoms with Crippen LogP contribution >= 0.6 is 0 Å². The molecule has 1 N–H and O–H groups in total. The molecule has 0 unspecified atom stereocenters. The SMILES string of the molecule is O[C@H]1c2ccccc2-c2ccc(N=Cc3ccc4c(c3)OCO4)cc21. The first-order valence-corrected chi connectivity index (χ1v) is 8.15. The Hall–Kier alpha value is -3.11. The molecule has 0 aromatic heterocycles. The van der Waals surface area contributed by atoms with E-state index in [1.807, 2.05) is 60.7 Å². The molecule has 4 nitrogen and oxygen atoms in total. The van der Waals surface area contributed by atoms with E-state index in [0.717, 1.165) is 45.0 Å². The number of aliphatic hydroxyl groups excluding tert-OH is 1. The molecule has 0 radical (unpaired) electrons. The van der Waals surface area contributed by atoms with Crippen LogP contribution in [0.4, 0.5) is 5.69 Å². The summed E-state index contributed by atoms with van der Waals surface area (Å²) in [6.07, 6.45) is 1.20. The van der Waals surface area contributed by atoms with Gasteiger partial charge in [0.2, 0.25) is 6.79 Å². The lowest BCUT2D eigenvalue weighted by Crippen LogP contribution is -1.93. The topological polar surface area (TPSA) is 51.1 Å². The first-order chi connectivity index (χ1) is 12.3. The summed E-state index contributed by atoms with van der Waals surface area (Å²) < 4.78 is 10.7. The third kappa shape index (κ3) is 2.30. The van der Waals surface area contributed by atoms with E-state index in [1.54, 1.807) is 6.21 Å². The van der Waals surface area contributed by atoms with E-state index in [0.29, 0.717) is 0 Å². The van der Waals surface area contributed by atoms with Crippen LogP contribution in [0.15, 0.2) is 65.7 Å². The number of fused-ring (bicyclic) bond motifs is 4. The standard InChI is InChI=1S/C21H15NO3/c23-21-17-4-2-1-3-15(17)16-7-6-14(10-18(16)21)22-11-13-5-8-19-20(9-13)25-12-24-19/h1-11,21,23H,12H2/t21-/m0/s1. The highest BCUT2D eigenvalue weighted by atomic mass is 16.7. The van der Waals surface area contributed by atoms with Gasteiger partial charge in [-0.15, -0.1) is 0 Å². The molecule has 0 amide bonds. The van der Waals surface area contributed by atoms with Crippen molar-refractivity contribution in [3.05, 3.63) is 77.4 Å². The van der Waals surface area contributed by atoms with E-state index < -0.39 is 6.10 Å². The molecule has 0 saturated heterocycles. The number of hydrogen-bond donors (Lipinski definition) is 1. The highest BCUT2D eigenvalue weighted by molar-refractivity contribution is 5.84. The molecule has 122 valence electrons. The van der Waals surface area contributed by atoms with Crippen molar-refractivity contribution in [2.45, 2.75) is 6.10 Å². The van der Waals surface area contributed by atoms with Crippen LogP contribution in [0.25, 0.3) is 11.1 Å². The lowest BCUT2D eigenvalue weighted by molar-refractivity contribution is 0.174. The van der Waals surface area contributed by atoms with Gasteiger partial charge in [0.15, 0.2) is 11.5 Å². The average Bonchev–Trinajstić information content (AvgIpc) is 3.23. The highest BCUT2D eigenvalue weighted by Crippen LogP contribution is 2.44. The van der Waals surface area contributed by atoms with E-state index in [1.165, 1.54) is 0 Å². The smallest absolute Gasteiger partial charge is 0.231 e. The van der Waals surface area contributed by atoms with Gasteiger partial charge >= 0.3 is 0 Å². The predicted octanol–water partition coefficient (Wildman–Crippen LogP) is 4.23. The third-order valence-corrected chi connectivity index (χ3v) is 4.63. The fraction of sp³-hybridized carbons (Fsp3) is 0.0952. The maximum atomic E-state index is 10.6. The van der Waals surface area contributed by atoms with E-state index >= 15 is 0 Å². The first-order valence-electron chi connectivity index (χ1n) is 8.15. The molecule has 0 spiro atoms. The van der Waals surface area contributed by atoms with Crippen molar-refractivity contribution in [1.29, 1.82) is 0 Å². The van der Waals surface area contributed by atoms with Gasteiger partial charge in [0.1, 0.15) is 6.10 Å². The second-order valence-electron chi connectivity index (χ2n) is 6.13. The number of rotatable bonds is 2. The maximum Gasteiger partial charge on any atom is 0.231 e. The monoisotopic (exact) mass is 329 g/mol. The van der Waals surface area contributed by atoms with Crippen molar-refractivity contribution in [2.24, 2.45) is 4.99 Å². The Balaban J connectivity index is 1.47. The van der Waals surface area contributed by atoms with Crippen molar-refractivity contribution < 1.29 is 14.6 Å². The maximum absolute atomic E-state index is 10.6. The Morgan fingerprint density at radius 3 is 2.68 bits per heavy atom. The summed E-state index contributed by atoms with van der Waals surface area (Å²) in [4.78, 5) is 4.54. The molecule has 4 heteroatoms. The van der Waals surface area contributed by atoms with E-state index in [2.05, 4.69) is 4.99 Å². The Kier molecular flexibility index (Phi) is 3.11. The number of aliphatic hydroxyl groups is 1. The van der Waals surface area contributed by atoms with Crippen molar-refractivity contribution in [3.63, 3.8) is 0 Å². The molecule has 2 aliphatic rings. The summed E-state index contributed by atoms with van der Waals surface area (Å²) in [5, 5.41) is 10.6. The fourth-order valence-corrected chi connectivity index (χ4v) is 3.39. The molecular formula is C21H15NO3. The van der Waals surface area contributed by atoms with Gasteiger partial charge in [0, 0.05) is 6.21 Å². The first kappa shape index (κ1) is 14.3. The van der Waals surface area contributed by atoms with Gasteiger partial charge < -0.3 is 14.6 Å². The fourth-order valence-electron chi connectivity index (χ4n) is 3.39. The van der Waals surface area contributed by atoms with Crippen LogP contribution < -0.4 is 9.47 Å². The number of aliphatic imine (C=N–C) groups is 1. The van der Waals surface area contributed by atoms with Crippen LogP contribution in [0.3, 0.4) is 0 Å². The molecule has 1 atom stereocenters. The molecule has 1 aliphatic carbocycles. The minimum absolute atomic E-state index is 0.263. The van der Waals surface area contributed by atoms with Crippen LogP contribution in [-0.4, -0.2) is 18.1 Å². The van der Waals surface area contributed by atoms with E-state index in [4.69, 9.17) is 9.47 Å². The van der Waals surface area contributed by atoms with E-state index in [-0.39, 0.29) is 6.79 Å². The summed E-state index contributed by atoms with van der Waals surface area (Å²) in [6.45, 7) is 0.263. The number of hydrogen-bond acceptors (Lipinski definition) is 4. The van der Waals surface area contributed by atoms with Crippen molar-refractivity contribution >= 4 is 11.9 Å². The van der Waals surface area contributed by atoms with Gasteiger partial charge in [0.25, 0.3) is 0 Å². The second kappa shape index (κ2) is 5.46. The lowest BCUT2D eigenvalue weighted by atomic mass is 10.1. The van der Waals surface area contributed by atoms with Crippen molar-refractivity contribution in [1.82, 2.24) is 0 Å². The normalized spacial score (nSPS) is 16.9. The summed E-state index contributed by atoms with van der Waals surface area (Å²) in [6, 6.07) is 19.6. The minimum atomic E-state index is -0.591. The van der Waals surface area contributed by atoms with Crippen LogP contribution in [0.1, 0.15) is 22.8 Å². The largest absolute Gasteiger partial charge is 0.454 e. The number of nitrogens with zero attached hydrogens (tertiary/aromatic N) is 1. The Labute approximate surface area is 145 Å². The Bertz CT molecular complexity index is 1010. The Morgan fingerprint density at radius 2 is 1.72 bits per heavy atom. The summed E-state index contributed by atoms with van der Waals surface area (Å²) in [5.74, 6) is 1.50. The van der Waals surface area contributed by atoms with Crippen LogP contribution in [0.2, 0.25) is 0 Å². The van der Waals surface area contributed by atoms with Gasteiger partial charge in [-0.25, -0.2) is 0 Å². The molecule has 1 aliphatic heterocycles. The molecule has 5 rings (SSSR count). The zero-order valence-electron chi connectivity index (χ0n) is 13.3. The van der Waals surface area contributed by atoms with E-state index in [9.17, 15) is 5.11 Å². The van der Waals surface area contributed by atoms with Gasteiger partial charge in [-0.2, -0.15) is 0 Å². The van der Waals surface area contributed by atoms with Gasteiger partial charge in [-0.05, 0) is 58.1 Å². The quantitative estimate of drug-likeness (QED) is 0.716. The molecule has 3 aromatic carbocycles. The summed E-state index contributed by atoms with van der Waals surface area (Å²) in [5.41, 5.74) is 5.77. The van der Waals surface area contributed by atoms with Crippen LogP contribution in [0, 0.1) is 0 Å². The summed E-state index contributed by atoms with van der Waals surface area (Å²) in [7, 11) is 0.